The molecule has 1 rings (SSSR count). The van der Waals surface area contributed by atoms with Crippen LogP contribution in [0.2, 0.25) is 0 Å². The molecule has 0 aliphatic rings. The minimum absolute atomic E-state index is 0.779. The second-order valence-electron chi connectivity index (χ2n) is 5.16. The number of nitrogens with one attached hydrogen (secondary N) is 1. The zero-order valence-electron chi connectivity index (χ0n) is 12.0. The minimum atomic E-state index is 0.779. The molecule has 0 aliphatic heterocycles. The highest BCUT2D eigenvalue weighted by molar-refractivity contribution is 5.21. The van der Waals surface area contributed by atoms with Crippen LogP contribution in [-0.4, -0.2) is 26.8 Å². The van der Waals surface area contributed by atoms with Gasteiger partial charge in [0.25, 0.3) is 0 Å². The Hall–Kier alpha value is -0.860. The van der Waals surface area contributed by atoms with Crippen molar-refractivity contribution >= 4 is 0 Å². The first-order chi connectivity index (χ1) is 8.72. The van der Waals surface area contributed by atoms with E-state index in [9.17, 15) is 0 Å². The van der Waals surface area contributed by atoms with Crippen molar-refractivity contribution in [3.8, 4) is 0 Å². The van der Waals surface area contributed by atoms with Gasteiger partial charge in [-0.1, -0.05) is 36.8 Å². The number of benzene rings is 1. The summed E-state index contributed by atoms with van der Waals surface area (Å²) in [5.41, 5.74) is 2.80. The van der Waals surface area contributed by atoms with E-state index in [4.69, 9.17) is 4.74 Å². The van der Waals surface area contributed by atoms with Crippen molar-refractivity contribution in [2.45, 2.75) is 33.1 Å². The fourth-order valence-electron chi connectivity index (χ4n) is 1.96. The SMILES string of the molecule is COCCNCCC(C)CCc1ccc(C)cc1. The van der Waals surface area contributed by atoms with Gasteiger partial charge in [-0.3, -0.25) is 0 Å². The van der Waals surface area contributed by atoms with E-state index in [0.717, 1.165) is 25.6 Å². The van der Waals surface area contributed by atoms with Crippen LogP contribution in [-0.2, 0) is 11.2 Å². The Labute approximate surface area is 112 Å². The molecule has 1 aromatic rings. The third-order valence-corrected chi connectivity index (χ3v) is 3.34. The van der Waals surface area contributed by atoms with E-state index in [0.29, 0.717) is 0 Å². The zero-order chi connectivity index (χ0) is 13.2. The third-order valence-electron chi connectivity index (χ3n) is 3.34. The summed E-state index contributed by atoms with van der Waals surface area (Å²) in [6.45, 7) is 7.33. The third kappa shape index (κ3) is 6.77. The summed E-state index contributed by atoms with van der Waals surface area (Å²) in [5.74, 6) is 0.779. The molecule has 0 bridgehead atoms. The molecule has 1 unspecified atom stereocenters. The smallest absolute Gasteiger partial charge is 0.0587 e. The number of hydrogen-bond donors (Lipinski definition) is 1. The molecule has 102 valence electrons. The first-order valence-corrected chi connectivity index (χ1v) is 6.97. The molecule has 2 nitrogen and oxygen atoms in total. The molecule has 0 saturated heterocycles. The molecular weight excluding hydrogens is 222 g/mol. The van der Waals surface area contributed by atoms with Gasteiger partial charge in [-0.15, -0.1) is 0 Å². The maximum atomic E-state index is 5.00. The van der Waals surface area contributed by atoms with Crippen molar-refractivity contribution in [3.05, 3.63) is 35.4 Å². The molecule has 0 fully saturated rings. The lowest BCUT2D eigenvalue weighted by atomic mass is 9.98. The Kier molecular flexibility index (Phi) is 7.70. The molecular formula is C16H27NO. The lowest BCUT2D eigenvalue weighted by molar-refractivity contribution is 0.199. The van der Waals surface area contributed by atoms with Crippen molar-refractivity contribution in [1.82, 2.24) is 5.32 Å². The fourth-order valence-corrected chi connectivity index (χ4v) is 1.96. The van der Waals surface area contributed by atoms with E-state index >= 15 is 0 Å². The molecule has 0 aromatic heterocycles. The molecule has 1 atom stereocenters. The van der Waals surface area contributed by atoms with Gasteiger partial charge >= 0.3 is 0 Å². The maximum Gasteiger partial charge on any atom is 0.0587 e. The van der Waals surface area contributed by atoms with Gasteiger partial charge in [0.1, 0.15) is 0 Å². The van der Waals surface area contributed by atoms with Crippen LogP contribution in [0.5, 0.6) is 0 Å². The quantitative estimate of drug-likeness (QED) is 0.679. The van der Waals surface area contributed by atoms with Gasteiger partial charge in [-0.05, 0) is 44.2 Å². The van der Waals surface area contributed by atoms with E-state index in [1.165, 1.54) is 30.4 Å². The minimum Gasteiger partial charge on any atom is -0.383 e. The van der Waals surface area contributed by atoms with Gasteiger partial charge in [-0.2, -0.15) is 0 Å². The molecule has 0 heterocycles. The summed E-state index contributed by atoms with van der Waals surface area (Å²) >= 11 is 0. The highest BCUT2D eigenvalue weighted by Crippen LogP contribution is 2.12. The van der Waals surface area contributed by atoms with Crippen molar-refractivity contribution in [3.63, 3.8) is 0 Å². The predicted octanol–water partition coefficient (Wildman–Crippen LogP) is 3.19. The molecule has 1 aromatic carbocycles. The van der Waals surface area contributed by atoms with Crippen LogP contribution >= 0.6 is 0 Å². The molecule has 0 spiro atoms. The summed E-state index contributed by atoms with van der Waals surface area (Å²) in [5, 5.41) is 3.40. The monoisotopic (exact) mass is 249 g/mol. The molecule has 0 amide bonds. The average Bonchev–Trinajstić information content (AvgIpc) is 2.38. The van der Waals surface area contributed by atoms with Crippen LogP contribution in [0.1, 0.15) is 30.9 Å². The van der Waals surface area contributed by atoms with E-state index < -0.39 is 0 Å². The van der Waals surface area contributed by atoms with Crippen LogP contribution in [0.15, 0.2) is 24.3 Å². The van der Waals surface area contributed by atoms with Gasteiger partial charge < -0.3 is 10.1 Å². The molecule has 0 aliphatic carbocycles. The summed E-state index contributed by atoms with van der Waals surface area (Å²) in [6, 6.07) is 8.90. The topological polar surface area (TPSA) is 21.3 Å². The average molecular weight is 249 g/mol. The van der Waals surface area contributed by atoms with E-state index in [1.54, 1.807) is 7.11 Å². The van der Waals surface area contributed by atoms with Crippen molar-refractivity contribution in [1.29, 1.82) is 0 Å². The normalized spacial score (nSPS) is 12.6. The second kappa shape index (κ2) is 9.12. The van der Waals surface area contributed by atoms with Gasteiger partial charge in [0, 0.05) is 13.7 Å². The molecule has 0 radical (unpaired) electrons. The second-order valence-corrected chi connectivity index (χ2v) is 5.16. The Balaban J connectivity index is 2.09. The lowest BCUT2D eigenvalue weighted by Crippen LogP contribution is -2.21. The fraction of sp³-hybridized carbons (Fsp3) is 0.625. The molecule has 18 heavy (non-hydrogen) atoms. The van der Waals surface area contributed by atoms with Crippen molar-refractivity contribution in [2.75, 3.05) is 26.8 Å². The van der Waals surface area contributed by atoms with Gasteiger partial charge in [0.15, 0.2) is 0 Å². The summed E-state index contributed by atoms with van der Waals surface area (Å²) < 4.78 is 5.00. The Morgan fingerprint density at radius 1 is 1.11 bits per heavy atom. The maximum absolute atomic E-state index is 5.00. The summed E-state index contributed by atoms with van der Waals surface area (Å²) in [7, 11) is 1.74. The van der Waals surface area contributed by atoms with E-state index in [2.05, 4.69) is 43.4 Å². The van der Waals surface area contributed by atoms with Crippen LogP contribution in [0.3, 0.4) is 0 Å². The number of aryl methyl sites for hydroxylation is 2. The standard InChI is InChI=1S/C16H27NO/c1-14-4-7-16(8-5-14)9-6-15(2)10-11-17-12-13-18-3/h4-5,7-8,15,17H,6,9-13H2,1-3H3. The van der Waals surface area contributed by atoms with E-state index in [1.807, 2.05) is 0 Å². The van der Waals surface area contributed by atoms with Gasteiger partial charge in [-0.25, -0.2) is 0 Å². The first-order valence-electron chi connectivity index (χ1n) is 6.97. The van der Waals surface area contributed by atoms with Gasteiger partial charge in [0.05, 0.1) is 6.61 Å². The zero-order valence-corrected chi connectivity index (χ0v) is 12.0. The van der Waals surface area contributed by atoms with Crippen LogP contribution in [0.25, 0.3) is 0 Å². The van der Waals surface area contributed by atoms with E-state index in [-0.39, 0.29) is 0 Å². The molecule has 2 heteroatoms. The van der Waals surface area contributed by atoms with Crippen LogP contribution < -0.4 is 5.32 Å². The van der Waals surface area contributed by atoms with Crippen LogP contribution in [0, 0.1) is 12.8 Å². The Morgan fingerprint density at radius 2 is 1.83 bits per heavy atom. The van der Waals surface area contributed by atoms with Gasteiger partial charge in [0.2, 0.25) is 0 Å². The number of methoxy groups -OCH3 is 1. The summed E-state index contributed by atoms with van der Waals surface area (Å²) in [4.78, 5) is 0. The predicted molar refractivity (Wildman–Crippen MR) is 78.0 cm³/mol. The molecule has 0 saturated carbocycles. The first kappa shape index (κ1) is 15.2. The van der Waals surface area contributed by atoms with Crippen molar-refractivity contribution in [2.24, 2.45) is 5.92 Å². The molecule has 1 N–H and O–H groups in total. The number of ether oxygens (including phenoxy) is 1. The lowest BCUT2D eigenvalue weighted by Gasteiger charge is -2.12. The summed E-state index contributed by atoms with van der Waals surface area (Å²) in [6.07, 6.45) is 3.71. The highest BCUT2D eigenvalue weighted by Gasteiger charge is 2.02. The number of hydrogen-bond acceptors (Lipinski definition) is 2. The Bertz CT molecular complexity index is 307. The highest BCUT2D eigenvalue weighted by atomic mass is 16.5. The van der Waals surface area contributed by atoms with Crippen LogP contribution in [0.4, 0.5) is 0 Å². The Morgan fingerprint density at radius 3 is 2.50 bits per heavy atom. The van der Waals surface area contributed by atoms with Crippen molar-refractivity contribution < 1.29 is 4.74 Å². The largest absolute Gasteiger partial charge is 0.383 e. The number of rotatable bonds is 9.